The molecule has 0 saturated carbocycles. The van der Waals surface area contributed by atoms with Gasteiger partial charge in [-0.3, -0.25) is 4.99 Å². The Morgan fingerprint density at radius 1 is 1.27 bits per heavy atom. The van der Waals surface area contributed by atoms with Crippen LogP contribution in [-0.2, 0) is 13.1 Å². The standard InChI is InChI=1S/C11H16N4/c12-7-9-1-3-10(4-2-9)8-15-11-13-5-6-14-11/h1-4H,5-8,12H2,(H2,13,14,15). The van der Waals surface area contributed by atoms with E-state index >= 15 is 0 Å². The summed E-state index contributed by atoms with van der Waals surface area (Å²) in [5, 5.41) is 6.41. The fraction of sp³-hybridized carbons (Fsp3) is 0.364. The van der Waals surface area contributed by atoms with Gasteiger partial charge < -0.3 is 16.4 Å². The van der Waals surface area contributed by atoms with E-state index in [1.165, 1.54) is 5.56 Å². The summed E-state index contributed by atoms with van der Waals surface area (Å²) in [6, 6.07) is 8.29. The highest BCUT2D eigenvalue weighted by Crippen LogP contribution is 2.03. The molecule has 80 valence electrons. The lowest BCUT2D eigenvalue weighted by atomic mass is 10.1. The molecule has 0 fully saturated rings. The molecule has 4 nitrogen and oxygen atoms in total. The van der Waals surface area contributed by atoms with Gasteiger partial charge in [-0.2, -0.15) is 0 Å². The molecule has 15 heavy (non-hydrogen) atoms. The Kier molecular flexibility index (Phi) is 3.19. The van der Waals surface area contributed by atoms with Crippen LogP contribution in [0.1, 0.15) is 11.1 Å². The maximum Gasteiger partial charge on any atom is 0.191 e. The van der Waals surface area contributed by atoms with Gasteiger partial charge in [-0.05, 0) is 11.1 Å². The molecule has 2 rings (SSSR count). The van der Waals surface area contributed by atoms with E-state index in [-0.39, 0.29) is 0 Å². The van der Waals surface area contributed by atoms with Gasteiger partial charge in [-0.15, -0.1) is 0 Å². The Bertz CT molecular complexity index is 342. The van der Waals surface area contributed by atoms with Crippen molar-refractivity contribution < 1.29 is 0 Å². The summed E-state index contributed by atoms with van der Waals surface area (Å²) in [6.07, 6.45) is 0. The monoisotopic (exact) mass is 204 g/mol. The number of nitrogens with one attached hydrogen (secondary N) is 2. The van der Waals surface area contributed by atoms with Crippen molar-refractivity contribution in [1.29, 1.82) is 0 Å². The van der Waals surface area contributed by atoms with E-state index in [1.54, 1.807) is 0 Å². The van der Waals surface area contributed by atoms with E-state index in [9.17, 15) is 0 Å². The van der Waals surface area contributed by atoms with Crippen molar-refractivity contribution in [2.24, 2.45) is 10.7 Å². The fourth-order valence-electron chi connectivity index (χ4n) is 1.50. The van der Waals surface area contributed by atoms with Crippen LogP contribution in [-0.4, -0.2) is 19.0 Å². The van der Waals surface area contributed by atoms with Crippen molar-refractivity contribution in [2.45, 2.75) is 13.1 Å². The minimum Gasteiger partial charge on any atom is -0.355 e. The van der Waals surface area contributed by atoms with Crippen molar-refractivity contribution >= 4 is 5.96 Å². The molecule has 1 aromatic rings. The Morgan fingerprint density at radius 2 is 2.00 bits per heavy atom. The SMILES string of the molecule is NCc1ccc(CNC2=NCCN2)cc1. The third-order valence-electron chi connectivity index (χ3n) is 2.39. The van der Waals surface area contributed by atoms with Gasteiger partial charge in [0.2, 0.25) is 0 Å². The fourth-order valence-corrected chi connectivity index (χ4v) is 1.50. The second kappa shape index (κ2) is 4.79. The first-order chi connectivity index (χ1) is 7.38. The van der Waals surface area contributed by atoms with Crippen LogP contribution in [0, 0.1) is 0 Å². The molecule has 0 radical (unpaired) electrons. The molecule has 4 N–H and O–H groups in total. The normalized spacial score (nSPS) is 14.6. The molecule has 0 saturated heterocycles. The van der Waals surface area contributed by atoms with E-state index in [1.807, 2.05) is 0 Å². The molecule has 0 atom stereocenters. The highest BCUT2D eigenvalue weighted by atomic mass is 15.2. The van der Waals surface area contributed by atoms with Gasteiger partial charge in [0, 0.05) is 19.6 Å². The van der Waals surface area contributed by atoms with Crippen LogP contribution in [0.25, 0.3) is 0 Å². The maximum atomic E-state index is 5.53. The van der Waals surface area contributed by atoms with Crippen molar-refractivity contribution in [3.8, 4) is 0 Å². The molecular formula is C11H16N4. The summed E-state index contributed by atoms with van der Waals surface area (Å²) >= 11 is 0. The average Bonchev–Trinajstić information content (AvgIpc) is 2.80. The van der Waals surface area contributed by atoms with Gasteiger partial charge in [0.25, 0.3) is 0 Å². The minimum absolute atomic E-state index is 0.599. The molecule has 0 unspecified atom stereocenters. The number of nitrogens with two attached hydrogens (primary N) is 1. The zero-order chi connectivity index (χ0) is 10.5. The lowest BCUT2D eigenvalue weighted by Crippen LogP contribution is -2.33. The van der Waals surface area contributed by atoms with Crippen LogP contribution in [0.15, 0.2) is 29.3 Å². The summed E-state index contributed by atoms with van der Waals surface area (Å²) in [5.41, 5.74) is 7.93. The molecule has 0 aromatic heterocycles. The number of nitrogens with zero attached hydrogens (tertiary/aromatic N) is 1. The summed E-state index contributed by atoms with van der Waals surface area (Å²) in [7, 11) is 0. The van der Waals surface area contributed by atoms with E-state index in [4.69, 9.17) is 5.73 Å². The molecule has 0 amide bonds. The van der Waals surface area contributed by atoms with Crippen LogP contribution in [0.4, 0.5) is 0 Å². The molecule has 0 bridgehead atoms. The summed E-state index contributed by atoms with van der Waals surface area (Å²) in [5.74, 6) is 0.901. The molecule has 0 aliphatic carbocycles. The maximum absolute atomic E-state index is 5.53. The van der Waals surface area contributed by atoms with E-state index < -0.39 is 0 Å². The Hall–Kier alpha value is -1.55. The predicted octanol–water partition coefficient (Wildman–Crippen LogP) is 0.194. The Balaban J connectivity index is 1.87. The van der Waals surface area contributed by atoms with Gasteiger partial charge in [-0.25, -0.2) is 0 Å². The molecule has 1 aliphatic rings. The van der Waals surface area contributed by atoms with Gasteiger partial charge in [0.05, 0.1) is 6.54 Å². The summed E-state index contributed by atoms with van der Waals surface area (Å²) < 4.78 is 0. The van der Waals surface area contributed by atoms with Crippen LogP contribution >= 0.6 is 0 Å². The van der Waals surface area contributed by atoms with Gasteiger partial charge in [-0.1, -0.05) is 24.3 Å². The van der Waals surface area contributed by atoms with Crippen molar-refractivity contribution in [3.05, 3.63) is 35.4 Å². The quantitative estimate of drug-likeness (QED) is 0.659. The first kappa shape index (κ1) is 9.98. The lowest BCUT2D eigenvalue weighted by Gasteiger charge is -2.06. The van der Waals surface area contributed by atoms with Gasteiger partial charge >= 0.3 is 0 Å². The third-order valence-corrected chi connectivity index (χ3v) is 2.39. The minimum atomic E-state index is 0.599. The largest absolute Gasteiger partial charge is 0.355 e. The topological polar surface area (TPSA) is 62.4 Å². The molecule has 1 aromatic carbocycles. The Labute approximate surface area is 89.6 Å². The summed E-state index contributed by atoms with van der Waals surface area (Å²) in [6.45, 7) is 3.21. The van der Waals surface area contributed by atoms with Crippen LogP contribution in [0.5, 0.6) is 0 Å². The molecule has 1 heterocycles. The number of benzene rings is 1. The average molecular weight is 204 g/mol. The number of aliphatic imine (C=N–C) groups is 1. The lowest BCUT2D eigenvalue weighted by molar-refractivity contribution is 0.866. The first-order valence-corrected chi connectivity index (χ1v) is 5.18. The highest BCUT2D eigenvalue weighted by molar-refractivity contribution is 5.81. The van der Waals surface area contributed by atoms with E-state index in [2.05, 4.69) is 39.9 Å². The second-order valence-electron chi connectivity index (χ2n) is 3.53. The summed E-state index contributed by atoms with van der Waals surface area (Å²) in [4.78, 5) is 4.26. The van der Waals surface area contributed by atoms with Crippen LogP contribution < -0.4 is 16.4 Å². The molecule has 1 aliphatic heterocycles. The van der Waals surface area contributed by atoms with Crippen molar-refractivity contribution in [3.63, 3.8) is 0 Å². The van der Waals surface area contributed by atoms with Gasteiger partial charge in [0.1, 0.15) is 0 Å². The zero-order valence-electron chi connectivity index (χ0n) is 8.66. The molecule has 0 spiro atoms. The van der Waals surface area contributed by atoms with E-state index in [0.29, 0.717) is 6.54 Å². The van der Waals surface area contributed by atoms with Gasteiger partial charge in [0.15, 0.2) is 5.96 Å². The zero-order valence-corrected chi connectivity index (χ0v) is 8.66. The predicted molar refractivity (Wildman–Crippen MR) is 61.5 cm³/mol. The molecule has 4 heteroatoms. The van der Waals surface area contributed by atoms with Crippen LogP contribution in [0.2, 0.25) is 0 Å². The van der Waals surface area contributed by atoms with Crippen molar-refractivity contribution in [2.75, 3.05) is 13.1 Å². The number of hydrogen-bond acceptors (Lipinski definition) is 4. The van der Waals surface area contributed by atoms with Crippen molar-refractivity contribution in [1.82, 2.24) is 10.6 Å². The second-order valence-corrected chi connectivity index (χ2v) is 3.53. The van der Waals surface area contributed by atoms with E-state index in [0.717, 1.165) is 31.2 Å². The number of guanidine groups is 1. The molecular weight excluding hydrogens is 188 g/mol. The number of hydrogen-bond donors (Lipinski definition) is 3. The smallest absolute Gasteiger partial charge is 0.191 e. The van der Waals surface area contributed by atoms with Crippen LogP contribution in [0.3, 0.4) is 0 Å². The number of rotatable bonds is 3. The Morgan fingerprint density at radius 3 is 2.60 bits per heavy atom. The first-order valence-electron chi connectivity index (χ1n) is 5.18. The highest BCUT2D eigenvalue weighted by Gasteiger charge is 2.03. The third kappa shape index (κ3) is 2.70.